The lowest BCUT2D eigenvalue weighted by atomic mass is 10.1. The van der Waals surface area contributed by atoms with Crippen LogP contribution < -0.4 is 14.8 Å². The van der Waals surface area contributed by atoms with Crippen molar-refractivity contribution < 1.29 is 9.47 Å². The summed E-state index contributed by atoms with van der Waals surface area (Å²) in [6, 6.07) is 16.5. The maximum absolute atomic E-state index is 5.39. The van der Waals surface area contributed by atoms with Gasteiger partial charge in [0.25, 0.3) is 0 Å². The summed E-state index contributed by atoms with van der Waals surface area (Å²) in [5.74, 6) is 2.36. The third kappa shape index (κ3) is 5.79. The molecule has 0 aliphatic heterocycles. The summed E-state index contributed by atoms with van der Waals surface area (Å²) in [7, 11) is 7.15. The van der Waals surface area contributed by atoms with E-state index < -0.39 is 0 Å². The van der Waals surface area contributed by atoms with Crippen molar-refractivity contribution in [3.63, 3.8) is 0 Å². The second-order valence-electron chi connectivity index (χ2n) is 6.64. The van der Waals surface area contributed by atoms with E-state index in [1.807, 2.05) is 31.3 Å². The lowest BCUT2D eigenvalue weighted by molar-refractivity contribution is 0.354. The Morgan fingerprint density at radius 2 is 1.83 bits per heavy atom. The van der Waals surface area contributed by atoms with Gasteiger partial charge in [0, 0.05) is 31.9 Å². The van der Waals surface area contributed by atoms with Crippen molar-refractivity contribution in [2.45, 2.75) is 13.0 Å². The van der Waals surface area contributed by atoms with E-state index >= 15 is 0 Å². The zero-order valence-corrected chi connectivity index (χ0v) is 19.7. The Hall–Kier alpha value is -2.42. The quantitative estimate of drug-likeness (QED) is 0.287. The first-order chi connectivity index (χ1) is 13.6. The number of methoxy groups -OCH3 is 2. The monoisotopic (exact) mass is 508 g/mol. The molecule has 0 fully saturated rings. The molecule has 0 spiro atoms. The molecule has 0 saturated heterocycles. The average Bonchev–Trinajstić information content (AvgIpc) is 3.15. The summed E-state index contributed by atoms with van der Waals surface area (Å²) >= 11 is 0. The van der Waals surface area contributed by atoms with Gasteiger partial charge in [-0.25, -0.2) is 0 Å². The number of ether oxygens (including phenoxy) is 2. The molecule has 0 unspecified atom stereocenters. The van der Waals surface area contributed by atoms with Crippen molar-refractivity contribution in [2.75, 3.05) is 34.9 Å². The van der Waals surface area contributed by atoms with Crippen LogP contribution in [0.5, 0.6) is 11.5 Å². The highest BCUT2D eigenvalue weighted by Crippen LogP contribution is 2.27. The number of aromatic nitrogens is 1. The van der Waals surface area contributed by atoms with Crippen LogP contribution in [0.15, 0.2) is 53.5 Å². The second kappa shape index (κ2) is 10.9. The number of likely N-dealkylation sites (N-methyl/N-ethyl adjacent to an activating group) is 1. The molecule has 7 heteroatoms. The Labute approximate surface area is 189 Å². The van der Waals surface area contributed by atoms with Crippen molar-refractivity contribution in [1.82, 2.24) is 15.2 Å². The minimum Gasteiger partial charge on any atom is -0.493 e. The van der Waals surface area contributed by atoms with Gasteiger partial charge in [-0.2, -0.15) is 0 Å². The third-order valence-corrected chi connectivity index (χ3v) is 4.78. The van der Waals surface area contributed by atoms with Gasteiger partial charge in [-0.3, -0.25) is 4.99 Å². The molecule has 3 rings (SSSR count). The van der Waals surface area contributed by atoms with Gasteiger partial charge in [-0.15, -0.1) is 24.0 Å². The van der Waals surface area contributed by atoms with Crippen LogP contribution >= 0.6 is 24.0 Å². The van der Waals surface area contributed by atoms with Gasteiger partial charge in [0.15, 0.2) is 17.5 Å². The van der Waals surface area contributed by atoms with Crippen molar-refractivity contribution in [3.8, 4) is 11.5 Å². The summed E-state index contributed by atoms with van der Waals surface area (Å²) < 4.78 is 10.7. The molecule has 0 aliphatic carbocycles. The molecule has 156 valence electrons. The fourth-order valence-corrected chi connectivity index (χ4v) is 3.23. The van der Waals surface area contributed by atoms with Crippen molar-refractivity contribution in [2.24, 2.45) is 4.99 Å². The van der Waals surface area contributed by atoms with Gasteiger partial charge in [0.2, 0.25) is 0 Å². The summed E-state index contributed by atoms with van der Waals surface area (Å²) in [4.78, 5) is 9.96. The van der Waals surface area contributed by atoms with Gasteiger partial charge < -0.3 is 24.7 Å². The predicted octanol–water partition coefficient (Wildman–Crippen LogP) is 4.05. The number of hydrogen-bond donors (Lipinski definition) is 2. The minimum absolute atomic E-state index is 0. The molecule has 6 nitrogen and oxygen atoms in total. The van der Waals surface area contributed by atoms with Crippen LogP contribution in [-0.4, -0.2) is 50.7 Å². The molecular formula is C22H29IN4O2. The lowest BCUT2D eigenvalue weighted by Crippen LogP contribution is -2.39. The minimum atomic E-state index is 0. The number of nitrogens with one attached hydrogen (secondary N) is 2. The van der Waals surface area contributed by atoms with Crippen molar-refractivity contribution in [1.29, 1.82) is 0 Å². The number of aromatic amines is 1. The van der Waals surface area contributed by atoms with Crippen LogP contribution in [0, 0.1) is 0 Å². The normalized spacial score (nSPS) is 11.1. The fourth-order valence-electron chi connectivity index (χ4n) is 3.23. The Morgan fingerprint density at radius 1 is 1.07 bits per heavy atom. The Bertz CT molecular complexity index is 922. The van der Waals surface area contributed by atoms with E-state index in [-0.39, 0.29) is 24.0 Å². The molecule has 0 aliphatic rings. The molecule has 0 amide bonds. The topological polar surface area (TPSA) is 61.9 Å². The highest BCUT2D eigenvalue weighted by atomic mass is 127. The number of rotatable bonds is 7. The van der Waals surface area contributed by atoms with E-state index in [0.717, 1.165) is 41.6 Å². The van der Waals surface area contributed by atoms with E-state index in [9.17, 15) is 0 Å². The summed E-state index contributed by atoms with van der Waals surface area (Å²) in [5.41, 5.74) is 3.47. The molecule has 1 heterocycles. The van der Waals surface area contributed by atoms with Crippen LogP contribution in [0.4, 0.5) is 0 Å². The lowest BCUT2D eigenvalue weighted by Gasteiger charge is -2.22. The van der Waals surface area contributed by atoms with E-state index in [4.69, 9.17) is 9.47 Å². The zero-order chi connectivity index (χ0) is 19.9. The molecule has 0 bridgehead atoms. The molecule has 29 heavy (non-hydrogen) atoms. The molecule has 0 radical (unpaired) electrons. The molecular weight excluding hydrogens is 479 g/mol. The number of halogens is 1. The van der Waals surface area contributed by atoms with E-state index in [2.05, 4.69) is 44.5 Å². The molecule has 3 aromatic rings. The molecule has 2 N–H and O–H groups in total. The highest BCUT2D eigenvalue weighted by Gasteiger charge is 2.09. The first-order valence-corrected chi connectivity index (χ1v) is 9.34. The van der Waals surface area contributed by atoms with Crippen LogP contribution in [0.1, 0.15) is 11.3 Å². The molecule has 0 atom stereocenters. The maximum atomic E-state index is 5.39. The summed E-state index contributed by atoms with van der Waals surface area (Å²) in [5, 5.41) is 4.64. The predicted molar refractivity (Wildman–Crippen MR) is 130 cm³/mol. The maximum Gasteiger partial charge on any atom is 0.193 e. The largest absolute Gasteiger partial charge is 0.493 e. The van der Waals surface area contributed by atoms with Crippen LogP contribution in [-0.2, 0) is 13.0 Å². The number of hydrogen-bond acceptors (Lipinski definition) is 3. The van der Waals surface area contributed by atoms with Gasteiger partial charge >= 0.3 is 0 Å². The fraction of sp³-hybridized carbons (Fsp3) is 0.318. The number of aliphatic imine (C=N–C) groups is 1. The highest BCUT2D eigenvalue weighted by molar-refractivity contribution is 14.0. The van der Waals surface area contributed by atoms with Gasteiger partial charge in [0.05, 0.1) is 20.8 Å². The smallest absolute Gasteiger partial charge is 0.193 e. The van der Waals surface area contributed by atoms with Crippen LogP contribution in [0.25, 0.3) is 10.9 Å². The molecule has 2 aromatic carbocycles. The average molecular weight is 508 g/mol. The van der Waals surface area contributed by atoms with Crippen molar-refractivity contribution >= 4 is 40.8 Å². The number of guanidine groups is 1. The summed E-state index contributed by atoms with van der Waals surface area (Å²) in [6.45, 7) is 1.53. The standard InChI is InChI=1S/C22H28N4O2.HI/c1-23-22(24-15-18-14-17-7-5-6-8-19(17)25-18)26(2)12-11-16-9-10-20(27-3)21(13-16)28-4;/h5-10,13-14,25H,11-12,15H2,1-4H3,(H,23,24);1H. The molecule has 1 aromatic heterocycles. The van der Waals surface area contributed by atoms with Gasteiger partial charge in [-0.1, -0.05) is 24.3 Å². The van der Waals surface area contributed by atoms with E-state index in [1.54, 1.807) is 21.3 Å². The first kappa shape index (κ1) is 22.9. The van der Waals surface area contributed by atoms with E-state index in [1.165, 1.54) is 10.9 Å². The third-order valence-electron chi connectivity index (χ3n) is 4.78. The Balaban J connectivity index is 0.00000300. The van der Waals surface area contributed by atoms with Crippen LogP contribution in [0.2, 0.25) is 0 Å². The number of benzene rings is 2. The van der Waals surface area contributed by atoms with Crippen LogP contribution in [0.3, 0.4) is 0 Å². The number of fused-ring (bicyclic) bond motifs is 1. The number of para-hydroxylation sites is 1. The number of H-pyrrole nitrogens is 1. The summed E-state index contributed by atoms with van der Waals surface area (Å²) in [6.07, 6.45) is 0.879. The Morgan fingerprint density at radius 3 is 2.52 bits per heavy atom. The van der Waals surface area contributed by atoms with Gasteiger partial charge in [0.1, 0.15) is 0 Å². The zero-order valence-electron chi connectivity index (χ0n) is 17.4. The van der Waals surface area contributed by atoms with Gasteiger partial charge in [-0.05, 0) is 41.6 Å². The SMILES string of the molecule is CN=C(NCc1cc2ccccc2[nH]1)N(C)CCc1ccc(OC)c(OC)c1.I. The Kier molecular flexibility index (Phi) is 8.63. The first-order valence-electron chi connectivity index (χ1n) is 9.34. The number of nitrogens with zero attached hydrogens (tertiary/aromatic N) is 2. The van der Waals surface area contributed by atoms with Crippen molar-refractivity contribution in [3.05, 3.63) is 59.8 Å². The second-order valence-corrected chi connectivity index (χ2v) is 6.64. The molecule has 0 saturated carbocycles. The van der Waals surface area contributed by atoms with E-state index in [0.29, 0.717) is 6.54 Å².